The molecule has 0 bridgehead atoms. The Hall–Kier alpha value is -0.760. The van der Waals surface area contributed by atoms with Crippen molar-refractivity contribution in [3.63, 3.8) is 0 Å². The summed E-state index contributed by atoms with van der Waals surface area (Å²) >= 11 is 5.98. The Morgan fingerprint density at radius 2 is 2.14 bits per heavy atom. The molecule has 0 aliphatic heterocycles. The van der Waals surface area contributed by atoms with Gasteiger partial charge in [0.15, 0.2) is 0 Å². The van der Waals surface area contributed by atoms with Crippen LogP contribution in [0, 0.1) is 11.8 Å². The van der Waals surface area contributed by atoms with Gasteiger partial charge >= 0.3 is 0 Å². The van der Waals surface area contributed by atoms with Gasteiger partial charge in [0.25, 0.3) is 0 Å². The number of anilines is 1. The molecule has 1 rings (SSSR count). The molecular weight excluding hydrogens is 196 g/mol. The molecule has 2 nitrogen and oxygen atoms in total. The highest BCUT2D eigenvalue weighted by Gasteiger charge is 2.07. The maximum atomic E-state index is 5.98. The number of nitrogens with zero attached hydrogens (tertiary/aromatic N) is 1. The zero-order valence-corrected chi connectivity index (χ0v) is 9.67. The first kappa shape index (κ1) is 11.3. The van der Waals surface area contributed by atoms with E-state index in [4.69, 9.17) is 11.6 Å². The summed E-state index contributed by atoms with van der Waals surface area (Å²) in [6, 6.07) is 1.80. The first-order valence-corrected chi connectivity index (χ1v) is 5.32. The summed E-state index contributed by atoms with van der Waals surface area (Å²) in [5, 5.41) is 4.03. The van der Waals surface area contributed by atoms with Crippen molar-refractivity contribution in [2.24, 2.45) is 11.8 Å². The fourth-order valence-corrected chi connectivity index (χ4v) is 1.19. The van der Waals surface area contributed by atoms with Crippen molar-refractivity contribution in [3.8, 4) is 0 Å². The van der Waals surface area contributed by atoms with Crippen LogP contribution in [0.4, 0.5) is 5.69 Å². The summed E-state index contributed by atoms with van der Waals surface area (Å²) in [4.78, 5) is 4.02. The standard InChI is InChI=1S/C11H17ClN2/c1-8(2)9(3)6-14-11-7-13-5-4-10(11)12/h4-5,7-9,14H,6H2,1-3H3. The normalized spacial score (nSPS) is 12.9. The lowest BCUT2D eigenvalue weighted by Gasteiger charge is -2.17. The average Bonchev–Trinajstić information content (AvgIpc) is 2.16. The first-order valence-electron chi connectivity index (χ1n) is 4.94. The lowest BCUT2D eigenvalue weighted by molar-refractivity contribution is 0.440. The number of halogens is 1. The van der Waals surface area contributed by atoms with Gasteiger partial charge in [-0.2, -0.15) is 0 Å². The van der Waals surface area contributed by atoms with E-state index in [0.29, 0.717) is 11.8 Å². The van der Waals surface area contributed by atoms with E-state index < -0.39 is 0 Å². The maximum absolute atomic E-state index is 5.98. The van der Waals surface area contributed by atoms with Gasteiger partial charge in [0.1, 0.15) is 0 Å². The van der Waals surface area contributed by atoms with E-state index in [2.05, 4.69) is 31.1 Å². The van der Waals surface area contributed by atoms with Crippen LogP contribution >= 0.6 is 11.6 Å². The number of hydrogen-bond acceptors (Lipinski definition) is 2. The molecule has 0 radical (unpaired) electrons. The molecule has 1 heterocycles. The van der Waals surface area contributed by atoms with Crippen LogP contribution in [0.5, 0.6) is 0 Å². The van der Waals surface area contributed by atoms with Crippen LogP contribution in [0.1, 0.15) is 20.8 Å². The van der Waals surface area contributed by atoms with E-state index >= 15 is 0 Å². The van der Waals surface area contributed by atoms with E-state index in [1.807, 2.05) is 0 Å². The van der Waals surface area contributed by atoms with Crippen LogP contribution in [-0.2, 0) is 0 Å². The molecule has 14 heavy (non-hydrogen) atoms. The van der Waals surface area contributed by atoms with Crippen molar-refractivity contribution < 1.29 is 0 Å². The molecule has 0 spiro atoms. The molecule has 1 aromatic heterocycles. The van der Waals surface area contributed by atoms with Gasteiger partial charge in [0, 0.05) is 12.7 Å². The number of nitrogens with one attached hydrogen (secondary N) is 1. The molecule has 0 aromatic carbocycles. The summed E-state index contributed by atoms with van der Waals surface area (Å²) in [5.41, 5.74) is 0.918. The Bertz CT molecular complexity index is 286. The molecule has 3 heteroatoms. The van der Waals surface area contributed by atoms with Gasteiger partial charge in [0.05, 0.1) is 16.9 Å². The van der Waals surface area contributed by atoms with Crippen molar-refractivity contribution in [1.82, 2.24) is 4.98 Å². The van der Waals surface area contributed by atoms with Crippen molar-refractivity contribution in [3.05, 3.63) is 23.5 Å². The predicted octanol–water partition coefficient (Wildman–Crippen LogP) is 3.44. The zero-order valence-electron chi connectivity index (χ0n) is 8.92. The lowest BCUT2D eigenvalue weighted by Crippen LogP contribution is -2.16. The zero-order chi connectivity index (χ0) is 10.6. The fraction of sp³-hybridized carbons (Fsp3) is 0.545. The fourth-order valence-electron chi connectivity index (χ4n) is 1.01. The summed E-state index contributed by atoms with van der Waals surface area (Å²) in [7, 11) is 0. The Morgan fingerprint density at radius 3 is 2.71 bits per heavy atom. The second-order valence-electron chi connectivity index (χ2n) is 3.96. The predicted molar refractivity (Wildman–Crippen MR) is 61.7 cm³/mol. The van der Waals surface area contributed by atoms with E-state index in [9.17, 15) is 0 Å². The average molecular weight is 213 g/mol. The SMILES string of the molecule is CC(C)C(C)CNc1cnccc1Cl. The minimum absolute atomic E-state index is 0.631. The van der Waals surface area contributed by atoms with Gasteiger partial charge in [-0.3, -0.25) is 4.98 Å². The van der Waals surface area contributed by atoms with Crippen molar-refractivity contribution in [2.45, 2.75) is 20.8 Å². The summed E-state index contributed by atoms with van der Waals surface area (Å²) in [5.74, 6) is 1.31. The van der Waals surface area contributed by atoms with Gasteiger partial charge in [-0.05, 0) is 17.9 Å². The minimum Gasteiger partial charge on any atom is -0.382 e. The number of hydrogen-bond donors (Lipinski definition) is 1. The van der Waals surface area contributed by atoms with E-state index in [1.165, 1.54) is 0 Å². The van der Waals surface area contributed by atoms with E-state index in [0.717, 1.165) is 17.3 Å². The van der Waals surface area contributed by atoms with Crippen molar-refractivity contribution in [2.75, 3.05) is 11.9 Å². The van der Waals surface area contributed by atoms with Gasteiger partial charge in [-0.15, -0.1) is 0 Å². The lowest BCUT2D eigenvalue weighted by atomic mass is 9.98. The monoisotopic (exact) mass is 212 g/mol. The first-order chi connectivity index (χ1) is 6.61. The molecule has 78 valence electrons. The molecular formula is C11H17ClN2. The molecule has 0 aliphatic rings. The van der Waals surface area contributed by atoms with Crippen LogP contribution < -0.4 is 5.32 Å². The van der Waals surface area contributed by atoms with Gasteiger partial charge < -0.3 is 5.32 Å². The second kappa shape index (κ2) is 5.20. The quantitative estimate of drug-likeness (QED) is 0.827. The van der Waals surface area contributed by atoms with Crippen LogP contribution in [0.25, 0.3) is 0 Å². The van der Waals surface area contributed by atoms with Gasteiger partial charge in [0.2, 0.25) is 0 Å². The third-order valence-electron chi connectivity index (χ3n) is 2.52. The Balaban J connectivity index is 2.50. The molecule has 1 N–H and O–H groups in total. The van der Waals surface area contributed by atoms with Crippen molar-refractivity contribution >= 4 is 17.3 Å². The molecule has 1 atom stereocenters. The smallest absolute Gasteiger partial charge is 0.0716 e. The number of aromatic nitrogens is 1. The molecule has 0 amide bonds. The molecule has 0 saturated carbocycles. The second-order valence-corrected chi connectivity index (χ2v) is 4.36. The number of pyridine rings is 1. The van der Waals surface area contributed by atoms with Crippen LogP contribution in [-0.4, -0.2) is 11.5 Å². The van der Waals surface area contributed by atoms with E-state index in [-0.39, 0.29) is 0 Å². The molecule has 0 saturated heterocycles. The Labute approximate surface area is 90.7 Å². The Kier molecular flexibility index (Phi) is 4.21. The maximum Gasteiger partial charge on any atom is 0.0716 e. The molecule has 1 aromatic rings. The summed E-state index contributed by atoms with van der Waals surface area (Å²) in [6.45, 7) is 7.60. The van der Waals surface area contributed by atoms with Crippen molar-refractivity contribution in [1.29, 1.82) is 0 Å². The van der Waals surface area contributed by atoms with E-state index in [1.54, 1.807) is 18.5 Å². The minimum atomic E-state index is 0.631. The summed E-state index contributed by atoms with van der Waals surface area (Å²) in [6.07, 6.45) is 3.45. The van der Waals surface area contributed by atoms with Crippen LogP contribution in [0.3, 0.4) is 0 Å². The Morgan fingerprint density at radius 1 is 1.43 bits per heavy atom. The number of rotatable bonds is 4. The van der Waals surface area contributed by atoms with Crippen LogP contribution in [0.15, 0.2) is 18.5 Å². The summed E-state index contributed by atoms with van der Waals surface area (Å²) < 4.78 is 0. The molecule has 0 aliphatic carbocycles. The highest BCUT2D eigenvalue weighted by atomic mass is 35.5. The third kappa shape index (κ3) is 3.18. The van der Waals surface area contributed by atoms with Gasteiger partial charge in [-0.1, -0.05) is 32.4 Å². The molecule has 0 fully saturated rings. The topological polar surface area (TPSA) is 24.9 Å². The van der Waals surface area contributed by atoms with Gasteiger partial charge in [-0.25, -0.2) is 0 Å². The third-order valence-corrected chi connectivity index (χ3v) is 2.85. The van der Waals surface area contributed by atoms with Crippen LogP contribution in [0.2, 0.25) is 5.02 Å². The highest BCUT2D eigenvalue weighted by molar-refractivity contribution is 6.33. The largest absolute Gasteiger partial charge is 0.382 e. The molecule has 1 unspecified atom stereocenters. The highest BCUT2D eigenvalue weighted by Crippen LogP contribution is 2.20.